The van der Waals surface area contributed by atoms with Crippen LogP contribution in [0.3, 0.4) is 0 Å². The van der Waals surface area contributed by atoms with Gasteiger partial charge in [-0.2, -0.15) is 0 Å². The van der Waals surface area contributed by atoms with E-state index in [0.29, 0.717) is 12.0 Å². The molecule has 0 aliphatic heterocycles. The summed E-state index contributed by atoms with van der Waals surface area (Å²) in [7, 11) is 0. The molecule has 2 aromatic rings. The Morgan fingerprint density at radius 2 is 1.67 bits per heavy atom. The summed E-state index contributed by atoms with van der Waals surface area (Å²) < 4.78 is 26.2. The van der Waals surface area contributed by atoms with Gasteiger partial charge in [0.2, 0.25) is 0 Å². The molecular weight excluding hydrogens is 234 g/mol. The van der Waals surface area contributed by atoms with Crippen molar-refractivity contribution in [2.75, 3.05) is 0 Å². The van der Waals surface area contributed by atoms with Crippen molar-refractivity contribution in [3.05, 3.63) is 70.8 Å². The van der Waals surface area contributed by atoms with E-state index in [1.165, 1.54) is 6.07 Å². The first-order valence-corrected chi connectivity index (χ1v) is 5.88. The van der Waals surface area contributed by atoms with Crippen molar-refractivity contribution in [3.8, 4) is 0 Å². The molecule has 0 spiro atoms. The second-order valence-electron chi connectivity index (χ2n) is 4.61. The Morgan fingerprint density at radius 1 is 0.944 bits per heavy atom. The third kappa shape index (κ3) is 1.71. The van der Waals surface area contributed by atoms with E-state index in [0.717, 1.165) is 17.2 Å². The van der Waals surface area contributed by atoms with Gasteiger partial charge < -0.3 is 5.11 Å². The zero-order valence-electron chi connectivity index (χ0n) is 9.61. The third-order valence-corrected chi connectivity index (χ3v) is 3.54. The van der Waals surface area contributed by atoms with Gasteiger partial charge in [0.05, 0.1) is 6.10 Å². The van der Waals surface area contributed by atoms with Crippen LogP contribution in [0.2, 0.25) is 0 Å². The van der Waals surface area contributed by atoms with Crippen LogP contribution in [-0.4, -0.2) is 5.11 Å². The molecule has 0 unspecified atom stereocenters. The van der Waals surface area contributed by atoms with E-state index in [-0.39, 0.29) is 5.92 Å². The van der Waals surface area contributed by atoms with Gasteiger partial charge in [-0.15, -0.1) is 0 Å². The van der Waals surface area contributed by atoms with Crippen molar-refractivity contribution in [2.45, 2.75) is 18.4 Å². The molecule has 18 heavy (non-hydrogen) atoms. The molecule has 0 radical (unpaired) electrons. The number of benzene rings is 2. The highest BCUT2D eigenvalue weighted by atomic mass is 19.2. The van der Waals surface area contributed by atoms with Crippen molar-refractivity contribution < 1.29 is 13.9 Å². The maximum atomic E-state index is 13.3. The van der Waals surface area contributed by atoms with E-state index in [9.17, 15) is 13.9 Å². The van der Waals surface area contributed by atoms with E-state index in [1.54, 1.807) is 6.07 Å². The van der Waals surface area contributed by atoms with Gasteiger partial charge in [0.15, 0.2) is 11.6 Å². The van der Waals surface area contributed by atoms with E-state index in [2.05, 4.69) is 0 Å². The van der Waals surface area contributed by atoms with Crippen LogP contribution >= 0.6 is 0 Å². The van der Waals surface area contributed by atoms with Crippen LogP contribution < -0.4 is 0 Å². The van der Waals surface area contributed by atoms with E-state index >= 15 is 0 Å². The summed E-state index contributed by atoms with van der Waals surface area (Å²) in [4.78, 5) is 0. The quantitative estimate of drug-likeness (QED) is 0.816. The van der Waals surface area contributed by atoms with Crippen LogP contribution in [0.5, 0.6) is 0 Å². The molecule has 1 N–H and O–H groups in total. The van der Waals surface area contributed by atoms with Gasteiger partial charge >= 0.3 is 0 Å². The number of hydrogen-bond acceptors (Lipinski definition) is 1. The summed E-state index contributed by atoms with van der Waals surface area (Å²) in [6.45, 7) is 0. The Morgan fingerprint density at radius 3 is 2.39 bits per heavy atom. The van der Waals surface area contributed by atoms with Gasteiger partial charge in [-0.3, -0.25) is 0 Å². The van der Waals surface area contributed by atoms with E-state index in [1.807, 2.05) is 24.3 Å². The molecule has 3 heteroatoms. The largest absolute Gasteiger partial charge is 0.388 e. The normalized spacial score (nSPS) is 21.9. The highest BCUT2D eigenvalue weighted by Crippen LogP contribution is 2.43. The van der Waals surface area contributed by atoms with Gasteiger partial charge in [0, 0.05) is 5.92 Å². The monoisotopic (exact) mass is 246 g/mol. The van der Waals surface area contributed by atoms with Gasteiger partial charge in [0.1, 0.15) is 0 Å². The van der Waals surface area contributed by atoms with Crippen molar-refractivity contribution in [1.82, 2.24) is 0 Å². The second kappa shape index (κ2) is 4.18. The van der Waals surface area contributed by atoms with Crippen molar-refractivity contribution >= 4 is 0 Å². The van der Waals surface area contributed by atoms with Crippen molar-refractivity contribution in [2.24, 2.45) is 0 Å². The topological polar surface area (TPSA) is 20.2 Å². The first-order chi connectivity index (χ1) is 8.66. The SMILES string of the molecule is O[C@H]1C[C@@H](c2ccc(F)c(F)c2)c2ccccc21. The summed E-state index contributed by atoms with van der Waals surface area (Å²) in [6.07, 6.45) is -0.0101. The zero-order valence-corrected chi connectivity index (χ0v) is 9.61. The molecule has 0 amide bonds. The Kier molecular flexibility index (Phi) is 2.63. The molecule has 0 saturated carbocycles. The molecule has 0 fully saturated rings. The first kappa shape index (κ1) is 11.4. The van der Waals surface area contributed by atoms with Crippen LogP contribution in [0, 0.1) is 11.6 Å². The maximum Gasteiger partial charge on any atom is 0.159 e. The van der Waals surface area contributed by atoms with Crippen LogP contribution in [0.25, 0.3) is 0 Å². The lowest BCUT2D eigenvalue weighted by atomic mass is 9.93. The molecule has 3 rings (SSSR count). The number of rotatable bonds is 1. The highest BCUT2D eigenvalue weighted by Gasteiger charge is 2.30. The summed E-state index contributed by atoms with van der Waals surface area (Å²) in [5.41, 5.74) is 2.58. The number of fused-ring (bicyclic) bond motifs is 1. The fraction of sp³-hybridized carbons (Fsp3) is 0.200. The lowest BCUT2D eigenvalue weighted by molar-refractivity contribution is 0.176. The molecule has 1 aliphatic rings. The minimum atomic E-state index is -0.842. The van der Waals surface area contributed by atoms with Gasteiger partial charge in [-0.1, -0.05) is 30.3 Å². The average Bonchev–Trinajstić information content (AvgIpc) is 2.71. The van der Waals surface area contributed by atoms with E-state index in [4.69, 9.17) is 0 Å². The van der Waals surface area contributed by atoms with Gasteiger partial charge in [-0.05, 0) is 35.2 Å². The Hall–Kier alpha value is -1.74. The summed E-state index contributed by atoms with van der Waals surface area (Å²) >= 11 is 0. The molecule has 92 valence electrons. The number of aliphatic hydroxyl groups excluding tert-OH is 1. The Balaban J connectivity index is 2.06. The van der Waals surface area contributed by atoms with Gasteiger partial charge in [0.25, 0.3) is 0 Å². The maximum absolute atomic E-state index is 13.3. The van der Waals surface area contributed by atoms with Gasteiger partial charge in [-0.25, -0.2) is 8.78 Å². The fourth-order valence-corrected chi connectivity index (χ4v) is 2.65. The molecule has 2 atom stereocenters. The lowest BCUT2D eigenvalue weighted by Crippen LogP contribution is -1.98. The molecule has 1 aliphatic carbocycles. The van der Waals surface area contributed by atoms with E-state index < -0.39 is 17.7 Å². The molecule has 0 aromatic heterocycles. The Labute approximate surface area is 104 Å². The van der Waals surface area contributed by atoms with Crippen LogP contribution in [0.1, 0.15) is 35.1 Å². The van der Waals surface area contributed by atoms with Crippen molar-refractivity contribution in [3.63, 3.8) is 0 Å². The third-order valence-electron chi connectivity index (χ3n) is 3.54. The molecular formula is C15H12F2O. The predicted octanol–water partition coefficient (Wildman–Crippen LogP) is 3.53. The summed E-state index contributed by atoms with van der Waals surface area (Å²) in [5, 5.41) is 9.97. The number of hydrogen-bond donors (Lipinski definition) is 1. The minimum absolute atomic E-state index is 0.0636. The van der Waals surface area contributed by atoms with Crippen molar-refractivity contribution in [1.29, 1.82) is 0 Å². The second-order valence-corrected chi connectivity index (χ2v) is 4.61. The smallest absolute Gasteiger partial charge is 0.159 e. The number of halogens is 2. The first-order valence-electron chi connectivity index (χ1n) is 5.88. The summed E-state index contributed by atoms with van der Waals surface area (Å²) in [5.74, 6) is -1.75. The van der Waals surface area contributed by atoms with Crippen LogP contribution in [-0.2, 0) is 0 Å². The zero-order chi connectivity index (χ0) is 12.7. The lowest BCUT2D eigenvalue weighted by Gasteiger charge is -2.12. The highest BCUT2D eigenvalue weighted by molar-refractivity contribution is 5.43. The fourth-order valence-electron chi connectivity index (χ4n) is 2.65. The molecule has 0 saturated heterocycles. The summed E-state index contributed by atoms with van der Waals surface area (Å²) in [6, 6.07) is 11.5. The molecule has 1 nitrogen and oxygen atoms in total. The predicted molar refractivity (Wildman–Crippen MR) is 64.2 cm³/mol. The number of aliphatic hydroxyl groups is 1. The molecule has 2 aromatic carbocycles. The average molecular weight is 246 g/mol. The van der Waals surface area contributed by atoms with Crippen LogP contribution in [0.15, 0.2) is 42.5 Å². The Bertz CT molecular complexity index is 595. The van der Waals surface area contributed by atoms with Crippen LogP contribution in [0.4, 0.5) is 8.78 Å². The molecule has 0 bridgehead atoms. The molecule has 0 heterocycles. The standard InChI is InChI=1S/C15H12F2O/c16-13-6-5-9(7-14(13)17)12-8-15(18)11-4-2-1-3-10(11)12/h1-7,12,15,18H,8H2/t12-,15-/m0/s1. The minimum Gasteiger partial charge on any atom is -0.388 e.